The summed E-state index contributed by atoms with van der Waals surface area (Å²) in [5.74, 6) is 0.0231. The minimum Gasteiger partial charge on any atom is -0.497 e. The van der Waals surface area contributed by atoms with Gasteiger partial charge in [-0.1, -0.05) is 32.0 Å². The molecule has 0 aliphatic rings. The number of hydrogen-bond donors (Lipinski definition) is 1. The van der Waals surface area contributed by atoms with Crippen molar-refractivity contribution in [3.05, 3.63) is 30.3 Å². The summed E-state index contributed by atoms with van der Waals surface area (Å²) in [6.07, 6.45) is 0.718. The number of benzene rings is 1. The van der Waals surface area contributed by atoms with Crippen LogP contribution in [0.25, 0.3) is 0 Å². The summed E-state index contributed by atoms with van der Waals surface area (Å²) >= 11 is 0. The lowest BCUT2D eigenvalue weighted by Crippen LogP contribution is -2.06. The second-order valence-corrected chi connectivity index (χ2v) is 3.16. The van der Waals surface area contributed by atoms with Gasteiger partial charge in [-0.05, 0) is 18.6 Å². The van der Waals surface area contributed by atoms with Gasteiger partial charge in [0.2, 0.25) is 0 Å². The third kappa shape index (κ3) is 6.55. The second-order valence-electron chi connectivity index (χ2n) is 3.16. The van der Waals surface area contributed by atoms with Gasteiger partial charge in [-0.25, -0.2) is 0 Å². The van der Waals surface area contributed by atoms with Crippen LogP contribution in [0, 0.1) is 5.92 Å². The molecule has 0 saturated heterocycles. The average molecular weight is 210 g/mol. The number of para-hydroxylation sites is 1. The zero-order chi connectivity index (χ0) is 11.7. The molecule has 1 N–H and O–H groups in total. The highest BCUT2D eigenvalue weighted by atomic mass is 16.5. The fourth-order valence-corrected chi connectivity index (χ4v) is 0.731. The molecule has 0 aromatic heterocycles. The molecule has 1 rings (SSSR count). The van der Waals surface area contributed by atoms with Gasteiger partial charge < -0.3 is 9.84 Å². The van der Waals surface area contributed by atoms with E-state index in [0.29, 0.717) is 0 Å². The van der Waals surface area contributed by atoms with Gasteiger partial charge in [0, 0.05) is 0 Å². The number of aliphatic carboxylic acids is 1. The van der Waals surface area contributed by atoms with Crippen LogP contribution in [0.4, 0.5) is 0 Å². The number of carboxylic acids is 1. The van der Waals surface area contributed by atoms with E-state index in [4.69, 9.17) is 9.84 Å². The number of carbonyl (C=O) groups is 1. The molecular formula is C12H18O3. The van der Waals surface area contributed by atoms with E-state index in [1.54, 1.807) is 14.0 Å². The highest BCUT2D eigenvalue weighted by molar-refractivity contribution is 5.69. The van der Waals surface area contributed by atoms with Crippen molar-refractivity contribution in [2.45, 2.75) is 20.3 Å². The normalized spacial score (nSPS) is 10.9. The zero-order valence-corrected chi connectivity index (χ0v) is 9.43. The van der Waals surface area contributed by atoms with Crippen LogP contribution < -0.4 is 4.74 Å². The van der Waals surface area contributed by atoms with E-state index in [9.17, 15) is 4.79 Å². The van der Waals surface area contributed by atoms with Crippen molar-refractivity contribution < 1.29 is 14.6 Å². The summed E-state index contributed by atoms with van der Waals surface area (Å²) in [4.78, 5) is 9.93. The monoisotopic (exact) mass is 210 g/mol. The molecule has 3 nitrogen and oxygen atoms in total. The predicted octanol–water partition coefficient (Wildman–Crippen LogP) is 2.81. The molecule has 0 spiro atoms. The van der Waals surface area contributed by atoms with Crippen molar-refractivity contribution >= 4 is 5.97 Å². The molecule has 0 radical (unpaired) electrons. The Kier molecular flexibility index (Phi) is 7.06. The van der Waals surface area contributed by atoms with Crippen molar-refractivity contribution in [3.8, 4) is 5.75 Å². The lowest BCUT2D eigenvalue weighted by atomic mass is 10.1. The van der Waals surface area contributed by atoms with Crippen LogP contribution in [0.15, 0.2) is 30.3 Å². The van der Waals surface area contributed by atoms with Crippen LogP contribution >= 0.6 is 0 Å². The Hall–Kier alpha value is -1.51. The maximum absolute atomic E-state index is 9.93. The summed E-state index contributed by atoms with van der Waals surface area (Å²) in [7, 11) is 1.66. The Labute approximate surface area is 90.7 Å². The highest BCUT2D eigenvalue weighted by Crippen LogP contribution is 2.05. The number of carboxylic acid groups (broad SMARTS) is 1. The minimum atomic E-state index is -0.706. The van der Waals surface area contributed by atoms with Crippen LogP contribution in [0.3, 0.4) is 0 Å². The molecule has 0 heterocycles. The largest absolute Gasteiger partial charge is 0.497 e. The molecule has 0 aliphatic heterocycles. The first kappa shape index (κ1) is 13.5. The number of ether oxygens (including phenoxy) is 1. The van der Waals surface area contributed by atoms with Crippen LogP contribution in [0.1, 0.15) is 20.3 Å². The van der Waals surface area contributed by atoms with Crippen LogP contribution in [0.2, 0.25) is 0 Å². The van der Waals surface area contributed by atoms with E-state index in [2.05, 4.69) is 0 Å². The quantitative estimate of drug-likeness (QED) is 0.834. The lowest BCUT2D eigenvalue weighted by molar-refractivity contribution is -0.141. The van der Waals surface area contributed by atoms with Crippen LogP contribution in [-0.4, -0.2) is 18.2 Å². The highest BCUT2D eigenvalue weighted by Gasteiger charge is 2.05. The topological polar surface area (TPSA) is 46.5 Å². The molecule has 1 unspecified atom stereocenters. The smallest absolute Gasteiger partial charge is 0.306 e. The Bertz CT molecular complexity index is 269. The Morgan fingerprint density at radius 3 is 2.13 bits per heavy atom. The molecule has 0 aliphatic carbocycles. The fourth-order valence-electron chi connectivity index (χ4n) is 0.731. The van der Waals surface area contributed by atoms with Crippen molar-refractivity contribution in [2.75, 3.05) is 7.11 Å². The summed E-state index contributed by atoms with van der Waals surface area (Å²) in [5, 5.41) is 8.18. The van der Waals surface area contributed by atoms with Gasteiger partial charge >= 0.3 is 5.97 Å². The van der Waals surface area contributed by atoms with Gasteiger partial charge in [-0.2, -0.15) is 0 Å². The lowest BCUT2D eigenvalue weighted by Gasteiger charge is -1.96. The zero-order valence-electron chi connectivity index (χ0n) is 9.43. The Morgan fingerprint density at radius 2 is 1.93 bits per heavy atom. The molecular weight excluding hydrogens is 192 g/mol. The van der Waals surface area contributed by atoms with Gasteiger partial charge in [-0.15, -0.1) is 0 Å². The number of methoxy groups -OCH3 is 1. The van der Waals surface area contributed by atoms with Gasteiger partial charge in [0.25, 0.3) is 0 Å². The standard InChI is InChI=1S/C7H8O.C5H10O2/c1-8-7-5-3-2-4-6-7;1-3-4(2)5(6)7/h2-6H,1H3;4H,3H2,1-2H3,(H,6,7). The van der Waals surface area contributed by atoms with Crippen LogP contribution in [-0.2, 0) is 4.79 Å². The van der Waals surface area contributed by atoms with Crippen LogP contribution in [0.5, 0.6) is 5.75 Å². The fraction of sp³-hybridized carbons (Fsp3) is 0.417. The summed E-state index contributed by atoms with van der Waals surface area (Å²) in [6.45, 7) is 3.56. The van der Waals surface area contributed by atoms with E-state index in [-0.39, 0.29) is 5.92 Å². The maximum atomic E-state index is 9.93. The Morgan fingerprint density at radius 1 is 1.40 bits per heavy atom. The van der Waals surface area contributed by atoms with E-state index < -0.39 is 5.97 Å². The van der Waals surface area contributed by atoms with Crippen molar-refractivity contribution in [1.82, 2.24) is 0 Å². The molecule has 15 heavy (non-hydrogen) atoms. The van der Waals surface area contributed by atoms with Crippen molar-refractivity contribution in [2.24, 2.45) is 5.92 Å². The predicted molar refractivity (Wildman–Crippen MR) is 60.1 cm³/mol. The maximum Gasteiger partial charge on any atom is 0.306 e. The minimum absolute atomic E-state index is 0.181. The second kappa shape index (κ2) is 7.85. The first-order chi connectivity index (χ1) is 7.11. The van der Waals surface area contributed by atoms with E-state index in [1.807, 2.05) is 37.3 Å². The molecule has 1 aromatic carbocycles. The summed E-state index contributed by atoms with van der Waals surface area (Å²) in [5.41, 5.74) is 0. The van der Waals surface area contributed by atoms with Gasteiger partial charge in [0.1, 0.15) is 5.75 Å². The van der Waals surface area contributed by atoms with Gasteiger partial charge in [0.15, 0.2) is 0 Å². The Balaban J connectivity index is 0.000000265. The third-order valence-electron chi connectivity index (χ3n) is 2.01. The van der Waals surface area contributed by atoms with E-state index in [1.165, 1.54) is 0 Å². The summed E-state index contributed by atoms with van der Waals surface area (Å²) < 4.78 is 4.91. The first-order valence-corrected chi connectivity index (χ1v) is 4.93. The van der Waals surface area contributed by atoms with E-state index >= 15 is 0 Å². The van der Waals surface area contributed by atoms with Gasteiger partial charge in [-0.3, -0.25) is 4.79 Å². The molecule has 0 amide bonds. The van der Waals surface area contributed by atoms with Crippen molar-refractivity contribution in [1.29, 1.82) is 0 Å². The average Bonchev–Trinajstić information content (AvgIpc) is 2.29. The molecule has 1 aromatic rings. The molecule has 0 bridgehead atoms. The molecule has 1 atom stereocenters. The molecule has 0 fully saturated rings. The van der Waals surface area contributed by atoms with Crippen molar-refractivity contribution in [3.63, 3.8) is 0 Å². The molecule has 3 heteroatoms. The molecule has 84 valence electrons. The number of hydrogen-bond acceptors (Lipinski definition) is 2. The molecule has 0 saturated carbocycles. The van der Waals surface area contributed by atoms with E-state index in [0.717, 1.165) is 12.2 Å². The number of rotatable bonds is 3. The van der Waals surface area contributed by atoms with Gasteiger partial charge in [0.05, 0.1) is 13.0 Å². The first-order valence-electron chi connectivity index (χ1n) is 4.93. The third-order valence-corrected chi connectivity index (χ3v) is 2.01. The SMILES string of the molecule is CCC(C)C(=O)O.COc1ccccc1. The summed E-state index contributed by atoms with van der Waals surface area (Å²) in [6, 6.07) is 9.68.